The molecule has 1 heterocycles. The summed E-state index contributed by atoms with van der Waals surface area (Å²) >= 11 is 0. The highest BCUT2D eigenvalue weighted by atomic mass is 19.1. The number of hydrogen-bond acceptors (Lipinski definition) is 3. The minimum absolute atomic E-state index is 0.185. The second kappa shape index (κ2) is 6.14. The Morgan fingerprint density at radius 1 is 1.19 bits per heavy atom. The maximum absolute atomic E-state index is 13.3. The first kappa shape index (κ1) is 13.9. The van der Waals surface area contributed by atoms with Crippen LogP contribution in [0.1, 0.15) is 11.1 Å². The Bertz CT molecular complexity index is 630. The van der Waals surface area contributed by atoms with Crippen molar-refractivity contribution in [3.05, 3.63) is 59.4 Å². The molecule has 0 spiro atoms. The van der Waals surface area contributed by atoms with Crippen molar-refractivity contribution < 1.29 is 9.13 Å². The van der Waals surface area contributed by atoms with Gasteiger partial charge in [-0.25, -0.2) is 4.39 Å². The van der Waals surface area contributed by atoms with Crippen molar-refractivity contribution >= 4 is 5.69 Å². The van der Waals surface area contributed by atoms with Crippen LogP contribution in [0.25, 0.3) is 0 Å². The van der Waals surface area contributed by atoms with Crippen LogP contribution in [-0.4, -0.2) is 19.7 Å². The van der Waals surface area contributed by atoms with Gasteiger partial charge in [-0.15, -0.1) is 0 Å². The van der Waals surface area contributed by atoms with Crippen LogP contribution in [0, 0.1) is 5.82 Å². The van der Waals surface area contributed by atoms with Gasteiger partial charge in [-0.05, 0) is 30.2 Å². The largest absolute Gasteiger partial charge is 0.491 e. The molecule has 2 N–H and O–H groups in total. The van der Waals surface area contributed by atoms with Crippen LogP contribution in [0.3, 0.4) is 0 Å². The Morgan fingerprint density at radius 2 is 2.05 bits per heavy atom. The van der Waals surface area contributed by atoms with E-state index in [1.165, 1.54) is 11.6 Å². The third kappa shape index (κ3) is 3.00. The molecule has 0 aliphatic carbocycles. The number of nitrogens with zero attached hydrogens (tertiary/aromatic N) is 1. The summed E-state index contributed by atoms with van der Waals surface area (Å²) < 4.78 is 19.2. The number of para-hydroxylation sites is 1. The SMILES string of the molecule is NCc1ccccc1OCCN1CCc2ccc(F)cc21. The van der Waals surface area contributed by atoms with Crippen molar-refractivity contribution in [1.29, 1.82) is 0 Å². The molecule has 2 aromatic rings. The highest BCUT2D eigenvalue weighted by Crippen LogP contribution is 2.28. The van der Waals surface area contributed by atoms with Crippen LogP contribution in [0.4, 0.5) is 10.1 Å². The molecule has 0 saturated heterocycles. The monoisotopic (exact) mass is 286 g/mol. The Kier molecular flexibility index (Phi) is 4.06. The van der Waals surface area contributed by atoms with Crippen LogP contribution in [-0.2, 0) is 13.0 Å². The molecule has 1 aliphatic heterocycles. The summed E-state index contributed by atoms with van der Waals surface area (Å²) in [5, 5.41) is 0. The maximum Gasteiger partial charge on any atom is 0.125 e. The van der Waals surface area contributed by atoms with Crippen molar-refractivity contribution in [2.75, 3.05) is 24.6 Å². The normalized spacial score (nSPS) is 13.3. The lowest BCUT2D eigenvalue weighted by Gasteiger charge is -2.20. The zero-order valence-corrected chi connectivity index (χ0v) is 11.9. The summed E-state index contributed by atoms with van der Waals surface area (Å²) in [5.74, 6) is 0.647. The fourth-order valence-corrected chi connectivity index (χ4v) is 2.73. The molecule has 1 aliphatic rings. The number of anilines is 1. The Labute approximate surface area is 124 Å². The van der Waals surface area contributed by atoms with E-state index in [9.17, 15) is 4.39 Å². The third-order valence-electron chi connectivity index (χ3n) is 3.85. The molecule has 0 saturated carbocycles. The van der Waals surface area contributed by atoms with Crippen LogP contribution in [0.15, 0.2) is 42.5 Å². The molecule has 0 amide bonds. The van der Waals surface area contributed by atoms with Gasteiger partial charge < -0.3 is 15.4 Å². The second-order valence-corrected chi connectivity index (χ2v) is 5.17. The van der Waals surface area contributed by atoms with E-state index in [4.69, 9.17) is 10.5 Å². The highest BCUT2D eigenvalue weighted by Gasteiger charge is 2.19. The molecule has 0 aromatic heterocycles. The van der Waals surface area contributed by atoms with Crippen LogP contribution in [0.2, 0.25) is 0 Å². The first-order valence-electron chi connectivity index (χ1n) is 7.22. The van der Waals surface area contributed by atoms with Crippen molar-refractivity contribution in [3.8, 4) is 5.75 Å². The van der Waals surface area contributed by atoms with E-state index in [0.717, 1.165) is 36.5 Å². The maximum atomic E-state index is 13.3. The summed E-state index contributed by atoms with van der Waals surface area (Å²) in [5.41, 5.74) is 8.90. The summed E-state index contributed by atoms with van der Waals surface area (Å²) in [7, 11) is 0. The summed E-state index contributed by atoms with van der Waals surface area (Å²) in [6.07, 6.45) is 0.967. The molecule has 0 radical (unpaired) electrons. The number of nitrogens with two attached hydrogens (primary N) is 1. The number of benzene rings is 2. The lowest BCUT2D eigenvalue weighted by atomic mass is 10.2. The number of fused-ring (bicyclic) bond motifs is 1. The third-order valence-corrected chi connectivity index (χ3v) is 3.85. The molecule has 4 heteroatoms. The smallest absolute Gasteiger partial charge is 0.125 e. The number of hydrogen-bond donors (Lipinski definition) is 1. The zero-order valence-electron chi connectivity index (χ0n) is 11.9. The first-order chi connectivity index (χ1) is 10.3. The van der Waals surface area contributed by atoms with Crippen molar-refractivity contribution in [3.63, 3.8) is 0 Å². The van der Waals surface area contributed by atoms with E-state index in [1.54, 1.807) is 6.07 Å². The molecule has 0 unspecified atom stereocenters. The Hall–Kier alpha value is -2.07. The lowest BCUT2D eigenvalue weighted by molar-refractivity contribution is 0.321. The van der Waals surface area contributed by atoms with Gasteiger partial charge in [-0.3, -0.25) is 0 Å². The molecule has 3 nitrogen and oxygen atoms in total. The fraction of sp³-hybridized carbons (Fsp3) is 0.294. The van der Waals surface area contributed by atoms with E-state index in [1.807, 2.05) is 30.3 Å². The van der Waals surface area contributed by atoms with Gasteiger partial charge in [0.1, 0.15) is 18.2 Å². The van der Waals surface area contributed by atoms with Gasteiger partial charge in [0, 0.05) is 24.3 Å². The topological polar surface area (TPSA) is 38.5 Å². The van der Waals surface area contributed by atoms with Gasteiger partial charge in [0.15, 0.2) is 0 Å². The van der Waals surface area contributed by atoms with E-state index >= 15 is 0 Å². The minimum Gasteiger partial charge on any atom is -0.491 e. The van der Waals surface area contributed by atoms with Gasteiger partial charge in [0.2, 0.25) is 0 Å². The quantitative estimate of drug-likeness (QED) is 0.918. The average Bonchev–Trinajstić information content (AvgIpc) is 2.90. The number of ether oxygens (including phenoxy) is 1. The summed E-state index contributed by atoms with van der Waals surface area (Å²) in [6, 6.07) is 12.8. The number of halogens is 1. The van der Waals surface area contributed by atoms with Crippen molar-refractivity contribution in [2.45, 2.75) is 13.0 Å². The molecule has 21 heavy (non-hydrogen) atoms. The molecule has 0 fully saturated rings. The van der Waals surface area contributed by atoms with Gasteiger partial charge >= 0.3 is 0 Å². The molecular formula is C17H19FN2O. The van der Waals surface area contributed by atoms with Gasteiger partial charge in [0.25, 0.3) is 0 Å². The van der Waals surface area contributed by atoms with Crippen LogP contribution < -0.4 is 15.4 Å². The van der Waals surface area contributed by atoms with Gasteiger partial charge in [-0.1, -0.05) is 24.3 Å². The molecule has 3 rings (SSSR count). The van der Waals surface area contributed by atoms with Crippen LogP contribution >= 0.6 is 0 Å². The lowest BCUT2D eigenvalue weighted by Crippen LogP contribution is -2.26. The molecule has 0 bridgehead atoms. The first-order valence-corrected chi connectivity index (χ1v) is 7.22. The van der Waals surface area contributed by atoms with E-state index < -0.39 is 0 Å². The van der Waals surface area contributed by atoms with E-state index in [0.29, 0.717) is 13.2 Å². The van der Waals surface area contributed by atoms with E-state index in [2.05, 4.69) is 4.90 Å². The van der Waals surface area contributed by atoms with Crippen LogP contribution in [0.5, 0.6) is 5.75 Å². The second-order valence-electron chi connectivity index (χ2n) is 5.17. The predicted molar refractivity (Wildman–Crippen MR) is 82.1 cm³/mol. The van der Waals surface area contributed by atoms with Gasteiger partial charge in [0.05, 0.1) is 6.54 Å². The van der Waals surface area contributed by atoms with E-state index in [-0.39, 0.29) is 5.82 Å². The summed E-state index contributed by atoms with van der Waals surface area (Å²) in [4.78, 5) is 2.17. The Balaban J connectivity index is 1.61. The highest BCUT2D eigenvalue weighted by molar-refractivity contribution is 5.58. The molecule has 110 valence electrons. The van der Waals surface area contributed by atoms with Crippen molar-refractivity contribution in [1.82, 2.24) is 0 Å². The fourth-order valence-electron chi connectivity index (χ4n) is 2.73. The standard InChI is InChI=1S/C17H19FN2O/c18-15-6-5-13-7-8-20(16(13)11-15)9-10-21-17-4-2-1-3-14(17)12-19/h1-6,11H,7-10,12,19H2. The zero-order chi connectivity index (χ0) is 14.7. The van der Waals surface area contributed by atoms with Crippen molar-refractivity contribution in [2.24, 2.45) is 5.73 Å². The molecule has 2 aromatic carbocycles. The van der Waals surface area contributed by atoms with Gasteiger partial charge in [-0.2, -0.15) is 0 Å². The predicted octanol–water partition coefficient (Wildman–Crippen LogP) is 2.73. The Morgan fingerprint density at radius 3 is 2.90 bits per heavy atom. The molecular weight excluding hydrogens is 267 g/mol. The molecule has 0 atom stereocenters. The average molecular weight is 286 g/mol. The summed E-state index contributed by atoms with van der Waals surface area (Å²) in [6.45, 7) is 2.69. The minimum atomic E-state index is -0.185. The number of rotatable bonds is 5.